The van der Waals surface area contributed by atoms with Crippen LogP contribution in [0.4, 0.5) is 9.18 Å². The summed E-state index contributed by atoms with van der Waals surface area (Å²) in [6, 6.07) is 0. The van der Waals surface area contributed by atoms with Crippen molar-refractivity contribution in [3.05, 3.63) is 11.6 Å². The lowest BCUT2D eigenvalue weighted by Crippen LogP contribution is -1.99. The number of hydrogen-bond donors (Lipinski definition) is 0. The molecule has 0 saturated carbocycles. The fraction of sp³-hybridized carbons (Fsp3) is 0.333. The summed E-state index contributed by atoms with van der Waals surface area (Å²) in [7, 11) is 1.40. The Hall–Kier alpha value is -1.10. The standard InChI is InChI=1S/C6H6ClFN2O2/c1-3-4(12-6(7)11)5(8)10(2)9-3/h1-2H3. The molecule has 1 aromatic heterocycles. The van der Waals surface area contributed by atoms with Gasteiger partial charge in [0, 0.05) is 18.6 Å². The largest absolute Gasteiger partial charge is 0.409 e. The summed E-state index contributed by atoms with van der Waals surface area (Å²) in [6.45, 7) is 1.51. The Bertz CT molecular complexity index is 324. The molecule has 0 unspecified atom stereocenters. The van der Waals surface area contributed by atoms with E-state index in [1.54, 1.807) is 0 Å². The number of aryl methyl sites for hydroxylation is 2. The summed E-state index contributed by atoms with van der Waals surface area (Å²) in [5.41, 5.74) is -0.797. The van der Waals surface area contributed by atoms with Crippen LogP contribution in [0, 0.1) is 12.9 Å². The van der Waals surface area contributed by atoms with Crippen LogP contribution in [0.15, 0.2) is 0 Å². The zero-order chi connectivity index (χ0) is 9.30. The number of carbonyl (C=O) groups excluding carboxylic acids is 1. The minimum absolute atomic E-state index is 0.225. The molecule has 0 amide bonds. The van der Waals surface area contributed by atoms with Crippen LogP contribution in [0.3, 0.4) is 0 Å². The average Bonchev–Trinajstić information content (AvgIpc) is 2.16. The number of hydrogen-bond acceptors (Lipinski definition) is 3. The van der Waals surface area contributed by atoms with Crippen LogP contribution in [0.1, 0.15) is 5.69 Å². The lowest BCUT2D eigenvalue weighted by molar-refractivity contribution is 0.223. The topological polar surface area (TPSA) is 44.1 Å². The smallest absolute Gasteiger partial charge is 0.408 e. The Morgan fingerprint density at radius 3 is 2.67 bits per heavy atom. The maximum atomic E-state index is 12.9. The van der Waals surface area contributed by atoms with Gasteiger partial charge in [0.05, 0.1) is 0 Å². The van der Waals surface area contributed by atoms with E-state index in [-0.39, 0.29) is 11.4 Å². The zero-order valence-corrected chi connectivity index (χ0v) is 7.22. The Morgan fingerprint density at radius 1 is 1.75 bits per heavy atom. The lowest BCUT2D eigenvalue weighted by atomic mass is 10.4. The third-order valence-corrected chi connectivity index (χ3v) is 1.36. The fourth-order valence-electron chi connectivity index (χ4n) is 0.807. The minimum atomic E-state index is -1.08. The van der Waals surface area contributed by atoms with Crippen LogP contribution < -0.4 is 4.74 Å². The van der Waals surface area contributed by atoms with Crippen LogP contribution in [0.2, 0.25) is 0 Å². The molecule has 0 fully saturated rings. The van der Waals surface area contributed by atoms with E-state index in [2.05, 4.69) is 9.84 Å². The van der Waals surface area contributed by atoms with Gasteiger partial charge < -0.3 is 4.74 Å². The summed E-state index contributed by atoms with van der Waals surface area (Å²) in [4.78, 5) is 10.3. The molecule has 0 bridgehead atoms. The van der Waals surface area contributed by atoms with Gasteiger partial charge in [-0.3, -0.25) is 0 Å². The molecule has 0 spiro atoms. The summed E-state index contributed by atoms with van der Waals surface area (Å²) in [5.74, 6) is -0.945. The van der Waals surface area contributed by atoms with Crippen molar-refractivity contribution in [2.45, 2.75) is 6.92 Å². The Labute approximate surface area is 72.9 Å². The van der Waals surface area contributed by atoms with Gasteiger partial charge in [0.25, 0.3) is 5.95 Å². The molecular formula is C6H6ClFN2O2. The number of aromatic nitrogens is 2. The molecular weight excluding hydrogens is 187 g/mol. The maximum absolute atomic E-state index is 12.9. The first-order chi connectivity index (χ1) is 5.52. The molecule has 1 heterocycles. The third-order valence-electron chi connectivity index (χ3n) is 1.28. The molecule has 0 aliphatic heterocycles. The van der Waals surface area contributed by atoms with Crippen molar-refractivity contribution in [1.82, 2.24) is 9.78 Å². The second-order valence-electron chi connectivity index (χ2n) is 2.17. The lowest BCUT2D eigenvalue weighted by Gasteiger charge is -1.95. The van der Waals surface area contributed by atoms with Crippen LogP contribution in [-0.4, -0.2) is 15.2 Å². The molecule has 6 heteroatoms. The summed E-state index contributed by atoms with van der Waals surface area (Å²) < 4.78 is 18.3. The van der Waals surface area contributed by atoms with Crippen molar-refractivity contribution >= 4 is 17.0 Å². The van der Waals surface area contributed by atoms with E-state index in [1.807, 2.05) is 0 Å². The SMILES string of the molecule is Cc1nn(C)c(F)c1OC(=O)Cl. The van der Waals surface area contributed by atoms with E-state index in [0.29, 0.717) is 0 Å². The second-order valence-corrected chi connectivity index (χ2v) is 2.48. The Balaban J connectivity index is 3.05. The predicted octanol–water partition coefficient (Wildman–Crippen LogP) is 1.61. The van der Waals surface area contributed by atoms with Crippen LogP contribution in [0.25, 0.3) is 0 Å². The van der Waals surface area contributed by atoms with Gasteiger partial charge >= 0.3 is 5.43 Å². The number of nitrogens with zero attached hydrogens (tertiary/aromatic N) is 2. The highest BCUT2D eigenvalue weighted by Crippen LogP contribution is 2.21. The molecule has 0 aliphatic carbocycles. The monoisotopic (exact) mass is 192 g/mol. The molecule has 0 saturated heterocycles. The molecule has 1 rings (SSSR count). The van der Waals surface area contributed by atoms with E-state index >= 15 is 0 Å². The maximum Gasteiger partial charge on any atom is 0.409 e. The van der Waals surface area contributed by atoms with Crippen LogP contribution in [-0.2, 0) is 7.05 Å². The predicted molar refractivity (Wildman–Crippen MR) is 39.8 cm³/mol. The first kappa shape index (κ1) is 8.99. The van der Waals surface area contributed by atoms with Gasteiger partial charge in [-0.15, -0.1) is 0 Å². The summed E-state index contributed by atoms with van der Waals surface area (Å²) >= 11 is 4.90. The molecule has 0 atom stereocenters. The minimum Gasteiger partial charge on any atom is -0.408 e. The summed E-state index contributed by atoms with van der Waals surface area (Å²) in [6.07, 6.45) is 0. The first-order valence-electron chi connectivity index (χ1n) is 3.08. The van der Waals surface area contributed by atoms with Crippen LogP contribution in [0.5, 0.6) is 5.75 Å². The molecule has 0 radical (unpaired) electrons. The Kier molecular flexibility index (Phi) is 2.32. The highest BCUT2D eigenvalue weighted by molar-refractivity contribution is 6.61. The van der Waals surface area contributed by atoms with Crippen molar-refractivity contribution in [2.24, 2.45) is 7.05 Å². The van der Waals surface area contributed by atoms with E-state index in [0.717, 1.165) is 4.68 Å². The molecule has 12 heavy (non-hydrogen) atoms. The van der Waals surface area contributed by atoms with Crippen molar-refractivity contribution in [2.75, 3.05) is 0 Å². The quantitative estimate of drug-likeness (QED) is 0.635. The normalized spacial score (nSPS) is 10.0. The van der Waals surface area contributed by atoms with Gasteiger partial charge in [-0.25, -0.2) is 9.48 Å². The third kappa shape index (κ3) is 1.55. The highest BCUT2D eigenvalue weighted by Gasteiger charge is 2.16. The summed E-state index contributed by atoms with van der Waals surface area (Å²) in [5, 5.41) is 3.67. The van der Waals surface area contributed by atoms with E-state index < -0.39 is 11.4 Å². The van der Waals surface area contributed by atoms with Gasteiger partial charge in [-0.1, -0.05) is 0 Å². The number of ether oxygens (including phenoxy) is 1. The molecule has 0 aliphatic rings. The van der Waals surface area contributed by atoms with Crippen molar-refractivity contribution < 1.29 is 13.9 Å². The second kappa shape index (κ2) is 3.10. The molecule has 0 N–H and O–H groups in total. The molecule has 0 aromatic carbocycles. The average molecular weight is 193 g/mol. The zero-order valence-electron chi connectivity index (χ0n) is 6.47. The number of carbonyl (C=O) groups is 1. The van der Waals surface area contributed by atoms with Gasteiger partial charge in [-0.05, 0) is 6.92 Å². The van der Waals surface area contributed by atoms with Crippen molar-refractivity contribution in [3.8, 4) is 5.75 Å². The first-order valence-corrected chi connectivity index (χ1v) is 3.46. The van der Waals surface area contributed by atoms with Gasteiger partial charge in [0.2, 0.25) is 5.75 Å². The van der Waals surface area contributed by atoms with E-state index in [1.165, 1.54) is 14.0 Å². The van der Waals surface area contributed by atoms with Gasteiger partial charge in [0.15, 0.2) is 0 Å². The van der Waals surface area contributed by atoms with Crippen LogP contribution >= 0.6 is 11.6 Å². The number of halogens is 2. The number of rotatable bonds is 1. The Morgan fingerprint density at radius 2 is 2.33 bits per heavy atom. The molecule has 1 aromatic rings. The molecule has 66 valence electrons. The highest BCUT2D eigenvalue weighted by atomic mass is 35.5. The van der Waals surface area contributed by atoms with E-state index in [9.17, 15) is 9.18 Å². The van der Waals surface area contributed by atoms with Crippen molar-refractivity contribution in [3.63, 3.8) is 0 Å². The van der Waals surface area contributed by atoms with Gasteiger partial charge in [0.1, 0.15) is 5.69 Å². The van der Waals surface area contributed by atoms with Gasteiger partial charge in [-0.2, -0.15) is 9.49 Å². The van der Waals surface area contributed by atoms with Crippen molar-refractivity contribution in [1.29, 1.82) is 0 Å². The molecule has 4 nitrogen and oxygen atoms in total. The van der Waals surface area contributed by atoms with E-state index in [4.69, 9.17) is 11.6 Å². The fourth-order valence-corrected chi connectivity index (χ4v) is 0.884.